The summed E-state index contributed by atoms with van der Waals surface area (Å²) in [6.45, 7) is 1.71. The molecule has 0 unspecified atom stereocenters. The molecule has 0 spiro atoms. The molecule has 1 rings (SSSR count). The van der Waals surface area contributed by atoms with Crippen molar-refractivity contribution in [2.24, 2.45) is 0 Å². The third-order valence-electron chi connectivity index (χ3n) is 2.20. The van der Waals surface area contributed by atoms with Crippen molar-refractivity contribution in [3.05, 3.63) is 29.6 Å². The van der Waals surface area contributed by atoms with Crippen LogP contribution in [0, 0.1) is 5.82 Å². The average molecular weight is 211 g/mol. The van der Waals surface area contributed by atoms with Crippen LogP contribution in [0.2, 0.25) is 0 Å². The molecule has 0 aliphatic rings. The molecule has 0 amide bonds. The highest BCUT2D eigenvalue weighted by molar-refractivity contribution is 5.94. The van der Waals surface area contributed by atoms with E-state index >= 15 is 0 Å². The minimum Gasteiger partial charge on any atom is -0.395 e. The first-order valence-corrected chi connectivity index (χ1v) is 4.68. The first kappa shape index (κ1) is 11.7. The van der Waals surface area contributed by atoms with Gasteiger partial charge in [0, 0.05) is 19.2 Å². The molecule has 0 atom stereocenters. The molecule has 82 valence electrons. The molecule has 1 N–H and O–H groups in total. The van der Waals surface area contributed by atoms with Crippen molar-refractivity contribution in [3.63, 3.8) is 0 Å². The summed E-state index contributed by atoms with van der Waals surface area (Å²) < 4.78 is 13.5. The van der Waals surface area contributed by atoms with Crippen molar-refractivity contribution in [1.82, 2.24) is 0 Å². The molecule has 15 heavy (non-hydrogen) atoms. The molecule has 3 nitrogen and oxygen atoms in total. The van der Waals surface area contributed by atoms with Gasteiger partial charge in [0.2, 0.25) is 0 Å². The van der Waals surface area contributed by atoms with E-state index in [0.717, 1.165) is 0 Å². The summed E-state index contributed by atoms with van der Waals surface area (Å²) in [5.74, 6) is -0.607. The Labute approximate surface area is 88.1 Å². The summed E-state index contributed by atoms with van der Waals surface area (Å²) in [5, 5.41) is 8.71. The summed E-state index contributed by atoms with van der Waals surface area (Å²) >= 11 is 0. The van der Waals surface area contributed by atoms with E-state index in [-0.39, 0.29) is 12.4 Å². The van der Waals surface area contributed by atoms with E-state index in [1.807, 2.05) is 0 Å². The molecule has 0 aliphatic heterocycles. The Morgan fingerprint density at radius 1 is 1.53 bits per heavy atom. The van der Waals surface area contributed by atoms with Crippen LogP contribution in [0.15, 0.2) is 18.2 Å². The van der Waals surface area contributed by atoms with Gasteiger partial charge in [-0.15, -0.1) is 0 Å². The van der Waals surface area contributed by atoms with E-state index in [9.17, 15) is 9.18 Å². The number of likely N-dealkylation sites (N-methyl/N-ethyl adjacent to an activating group) is 1. The van der Waals surface area contributed by atoms with Gasteiger partial charge in [-0.25, -0.2) is 4.39 Å². The Hall–Kier alpha value is -1.42. The van der Waals surface area contributed by atoms with Crippen LogP contribution in [0.25, 0.3) is 0 Å². The van der Waals surface area contributed by atoms with Gasteiger partial charge in [-0.05, 0) is 25.1 Å². The zero-order valence-corrected chi connectivity index (χ0v) is 8.83. The van der Waals surface area contributed by atoms with Crippen molar-refractivity contribution in [3.8, 4) is 0 Å². The van der Waals surface area contributed by atoms with E-state index in [0.29, 0.717) is 17.8 Å². The Morgan fingerprint density at radius 2 is 2.20 bits per heavy atom. The van der Waals surface area contributed by atoms with Crippen LogP contribution >= 0.6 is 0 Å². The number of carbonyl (C=O) groups excluding carboxylic acids is 1. The van der Waals surface area contributed by atoms with Gasteiger partial charge in [-0.3, -0.25) is 4.79 Å². The van der Waals surface area contributed by atoms with E-state index in [2.05, 4.69) is 0 Å². The third-order valence-corrected chi connectivity index (χ3v) is 2.20. The summed E-state index contributed by atoms with van der Waals surface area (Å²) in [6, 6.07) is 4.34. The maximum absolute atomic E-state index is 13.5. The van der Waals surface area contributed by atoms with Gasteiger partial charge in [-0.2, -0.15) is 0 Å². The highest BCUT2D eigenvalue weighted by Crippen LogP contribution is 2.19. The van der Waals surface area contributed by atoms with Crippen molar-refractivity contribution >= 4 is 11.5 Å². The van der Waals surface area contributed by atoms with E-state index in [1.165, 1.54) is 13.0 Å². The van der Waals surface area contributed by atoms with Gasteiger partial charge in [0.05, 0.1) is 12.3 Å². The fourth-order valence-electron chi connectivity index (χ4n) is 1.31. The molecular formula is C11H14FNO2. The van der Waals surface area contributed by atoms with Crippen LogP contribution in [-0.4, -0.2) is 31.1 Å². The summed E-state index contributed by atoms with van der Waals surface area (Å²) in [4.78, 5) is 12.6. The normalized spacial score (nSPS) is 10.1. The van der Waals surface area contributed by atoms with Crippen molar-refractivity contribution in [2.75, 3.05) is 25.1 Å². The maximum atomic E-state index is 13.5. The molecule has 0 heterocycles. The first-order valence-electron chi connectivity index (χ1n) is 4.68. The van der Waals surface area contributed by atoms with Crippen LogP contribution in [-0.2, 0) is 0 Å². The molecule has 0 saturated heterocycles. The molecule has 1 aromatic carbocycles. The number of benzene rings is 1. The Balaban J connectivity index is 2.97. The second-order valence-corrected chi connectivity index (χ2v) is 3.37. The second kappa shape index (κ2) is 4.89. The predicted octanol–water partition coefficient (Wildman–Crippen LogP) is 1.46. The maximum Gasteiger partial charge on any atom is 0.159 e. The second-order valence-electron chi connectivity index (χ2n) is 3.37. The van der Waals surface area contributed by atoms with Gasteiger partial charge in [0.1, 0.15) is 5.82 Å². The van der Waals surface area contributed by atoms with Crippen molar-refractivity contribution in [2.45, 2.75) is 6.92 Å². The Bertz CT molecular complexity index is 366. The number of rotatable bonds is 4. The first-order chi connectivity index (χ1) is 7.06. The van der Waals surface area contributed by atoms with Crippen LogP contribution in [0.4, 0.5) is 10.1 Å². The monoisotopic (exact) mass is 211 g/mol. The lowest BCUT2D eigenvalue weighted by Gasteiger charge is -2.18. The minimum absolute atomic E-state index is 0.0373. The molecule has 0 radical (unpaired) electrons. The highest BCUT2D eigenvalue weighted by atomic mass is 19.1. The fourth-order valence-corrected chi connectivity index (χ4v) is 1.31. The number of nitrogens with zero attached hydrogens (tertiary/aromatic N) is 1. The van der Waals surface area contributed by atoms with Gasteiger partial charge >= 0.3 is 0 Å². The standard InChI is InChI=1S/C11H14FNO2/c1-8(15)9-3-4-11(10(12)7-9)13(2)5-6-14/h3-4,7,14H,5-6H2,1-2H3. The molecule has 0 saturated carbocycles. The number of hydrogen-bond acceptors (Lipinski definition) is 3. The number of aliphatic hydroxyl groups excluding tert-OH is 1. The number of hydrogen-bond donors (Lipinski definition) is 1. The minimum atomic E-state index is -0.446. The van der Waals surface area contributed by atoms with Gasteiger partial charge < -0.3 is 10.0 Å². The van der Waals surface area contributed by atoms with Crippen LogP contribution in [0.5, 0.6) is 0 Å². The molecule has 4 heteroatoms. The third kappa shape index (κ3) is 2.76. The predicted molar refractivity (Wildman–Crippen MR) is 56.8 cm³/mol. The molecule has 0 aliphatic carbocycles. The zero-order chi connectivity index (χ0) is 11.4. The van der Waals surface area contributed by atoms with Crippen LogP contribution < -0.4 is 4.90 Å². The quantitative estimate of drug-likeness (QED) is 0.766. The van der Waals surface area contributed by atoms with Gasteiger partial charge in [0.15, 0.2) is 5.78 Å². The molecule has 0 fully saturated rings. The van der Waals surface area contributed by atoms with Crippen molar-refractivity contribution < 1.29 is 14.3 Å². The van der Waals surface area contributed by atoms with Crippen LogP contribution in [0.3, 0.4) is 0 Å². The number of halogens is 1. The SMILES string of the molecule is CC(=O)c1ccc(N(C)CCO)c(F)c1. The lowest BCUT2D eigenvalue weighted by atomic mass is 10.1. The Kier molecular flexibility index (Phi) is 3.80. The number of Topliss-reactive ketones (excluding diaryl/α,β-unsaturated/α-hetero) is 1. The fraction of sp³-hybridized carbons (Fsp3) is 0.364. The topological polar surface area (TPSA) is 40.5 Å². The largest absolute Gasteiger partial charge is 0.395 e. The highest BCUT2D eigenvalue weighted by Gasteiger charge is 2.09. The van der Waals surface area contributed by atoms with Crippen molar-refractivity contribution in [1.29, 1.82) is 0 Å². The Morgan fingerprint density at radius 3 is 2.67 bits per heavy atom. The van der Waals surface area contributed by atoms with E-state index < -0.39 is 5.82 Å². The summed E-state index contributed by atoms with van der Waals surface area (Å²) in [6.07, 6.45) is 0. The summed E-state index contributed by atoms with van der Waals surface area (Å²) in [7, 11) is 1.68. The molecular weight excluding hydrogens is 197 g/mol. The van der Waals surface area contributed by atoms with E-state index in [1.54, 1.807) is 24.1 Å². The lowest BCUT2D eigenvalue weighted by molar-refractivity contribution is 0.101. The summed E-state index contributed by atoms with van der Waals surface area (Å²) in [5.41, 5.74) is 0.739. The molecule has 0 aromatic heterocycles. The number of carbonyl (C=O) groups is 1. The molecule has 1 aromatic rings. The van der Waals surface area contributed by atoms with Crippen LogP contribution in [0.1, 0.15) is 17.3 Å². The lowest BCUT2D eigenvalue weighted by Crippen LogP contribution is -2.22. The zero-order valence-electron chi connectivity index (χ0n) is 8.83. The van der Waals surface area contributed by atoms with Gasteiger partial charge in [-0.1, -0.05) is 0 Å². The average Bonchev–Trinajstić information content (AvgIpc) is 2.17. The number of anilines is 1. The van der Waals surface area contributed by atoms with E-state index in [4.69, 9.17) is 5.11 Å². The van der Waals surface area contributed by atoms with Gasteiger partial charge in [0.25, 0.3) is 0 Å². The smallest absolute Gasteiger partial charge is 0.159 e. The molecule has 0 bridgehead atoms. The number of aliphatic hydroxyl groups is 1. The number of ketones is 1.